The molecule has 11 rings (SSSR count). The van der Waals surface area contributed by atoms with E-state index in [1.165, 1.54) is 16.7 Å². The van der Waals surface area contributed by atoms with Crippen molar-refractivity contribution >= 4 is 51.6 Å². The van der Waals surface area contributed by atoms with Gasteiger partial charge in [0.05, 0.1) is 41.4 Å². The highest BCUT2D eigenvalue weighted by Crippen LogP contribution is 2.40. The van der Waals surface area contributed by atoms with Gasteiger partial charge in [-0.2, -0.15) is 15.2 Å². The summed E-state index contributed by atoms with van der Waals surface area (Å²) in [5, 5.41) is 42.1. The number of primary amides is 1. The highest BCUT2D eigenvalue weighted by atomic mass is 35.5. The molecule has 21 heteroatoms. The zero-order chi connectivity index (χ0) is 57.9. The number of nitrogens with zero attached hydrogens (tertiary/aromatic N) is 13. The Morgan fingerprint density at radius 2 is 1.59 bits per heavy atom. The fourth-order valence-corrected chi connectivity index (χ4v) is 13.3. The van der Waals surface area contributed by atoms with Crippen LogP contribution in [0.2, 0.25) is 5.02 Å². The zero-order valence-corrected chi connectivity index (χ0v) is 48.1. The number of aromatic hydroxyl groups is 2. The van der Waals surface area contributed by atoms with Gasteiger partial charge in [0, 0.05) is 106 Å². The van der Waals surface area contributed by atoms with Crippen molar-refractivity contribution in [2.45, 2.75) is 83.5 Å². The van der Waals surface area contributed by atoms with Crippen molar-refractivity contribution in [2.24, 2.45) is 11.7 Å². The molecule has 0 saturated carbocycles. The summed E-state index contributed by atoms with van der Waals surface area (Å²) >= 11 is 6.81. The Labute approximate surface area is 489 Å². The van der Waals surface area contributed by atoms with Crippen LogP contribution in [0, 0.1) is 17.2 Å². The molecule has 0 spiro atoms. The molecule has 20 nitrogen and oxygen atoms in total. The number of rotatable bonds is 16. The summed E-state index contributed by atoms with van der Waals surface area (Å²) in [5.41, 5.74) is 11.4. The summed E-state index contributed by atoms with van der Waals surface area (Å²) < 4.78 is 7.99. The molecule has 4 N–H and O–H groups in total. The second kappa shape index (κ2) is 24.9. The molecule has 1 atom stereocenters. The second-order valence-corrected chi connectivity index (χ2v) is 23.3. The number of piperidine rings is 2. The first-order valence-corrected chi connectivity index (χ1v) is 29.5. The maximum atomic E-state index is 13.9. The van der Waals surface area contributed by atoms with Gasteiger partial charge in [0.1, 0.15) is 23.9 Å². The molecule has 0 aliphatic carbocycles. The molecule has 6 aromatic rings. The molecular formula is C62H73ClN14O6. The number of carbonyl (C=O) groups is 3. The van der Waals surface area contributed by atoms with Crippen LogP contribution in [0.4, 0.5) is 11.5 Å². The van der Waals surface area contributed by atoms with E-state index in [2.05, 4.69) is 76.5 Å². The quantitative estimate of drug-likeness (QED) is 0.0852. The van der Waals surface area contributed by atoms with Gasteiger partial charge in [-0.05, 0) is 117 Å². The number of hydrogen-bond acceptors (Lipinski definition) is 16. The van der Waals surface area contributed by atoms with Crippen LogP contribution in [0.1, 0.15) is 84.9 Å². The van der Waals surface area contributed by atoms with Gasteiger partial charge >= 0.3 is 6.01 Å². The first-order valence-electron chi connectivity index (χ1n) is 29.1. The van der Waals surface area contributed by atoms with E-state index >= 15 is 0 Å². The van der Waals surface area contributed by atoms with Gasteiger partial charge < -0.3 is 40.3 Å². The number of benzene rings is 4. The molecule has 5 aliphatic heterocycles. The van der Waals surface area contributed by atoms with Gasteiger partial charge in [-0.1, -0.05) is 68.4 Å². The summed E-state index contributed by atoms with van der Waals surface area (Å²) in [5.74, 6) is 0.0390. The maximum absolute atomic E-state index is 13.9. The van der Waals surface area contributed by atoms with Crippen LogP contribution in [0.3, 0.4) is 0 Å². The molecule has 434 valence electrons. The Bertz CT molecular complexity index is 3410. The lowest BCUT2D eigenvalue weighted by Gasteiger charge is -2.43. The van der Waals surface area contributed by atoms with E-state index in [0.29, 0.717) is 79.6 Å². The first-order chi connectivity index (χ1) is 40.2. The normalized spacial score (nSPS) is 18.8. The number of ether oxygens (including phenoxy) is 1. The fourth-order valence-electron chi connectivity index (χ4n) is 13.0. The maximum Gasteiger partial charge on any atom is 0.318 e. The largest absolute Gasteiger partial charge is 0.508 e. The number of amides is 3. The third kappa shape index (κ3) is 12.2. The summed E-state index contributed by atoms with van der Waals surface area (Å²) in [7, 11) is 0. The third-order valence-electron chi connectivity index (χ3n) is 17.5. The topological polar surface area (TPSA) is 230 Å². The third-order valence-corrected chi connectivity index (χ3v) is 17.8. The predicted molar refractivity (Wildman–Crippen MR) is 318 cm³/mol. The van der Waals surface area contributed by atoms with Crippen LogP contribution in [-0.4, -0.2) is 181 Å². The monoisotopic (exact) mass is 1140 g/mol. The van der Waals surface area contributed by atoms with Crippen molar-refractivity contribution in [3.63, 3.8) is 0 Å². The minimum atomic E-state index is -0.764. The average molecular weight is 1150 g/mol. The van der Waals surface area contributed by atoms with Gasteiger partial charge in [-0.15, -0.1) is 10.2 Å². The molecule has 83 heavy (non-hydrogen) atoms. The van der Waals surface area contributed by atoms with Gasteiger partial charge in [-0.3, -0.25) is 33.7 Å². The Morgan fingerprint density at radius 3 is 2.30 bits per heavy atom. The van der Waals surface area contributed by atoms with Crippen molar-refractivity contribution in [1.29, 1.82) is 5.26 Å². The number of nitrogens with two attached hydrogens (primary N) is 1. The molecule has 3 amide bonds. The standard InChI is InChI=1S/C62H73ClN14O6/c1-4-55(80)76-32-31-75(38-46(76)15-21-64)58-47-20-26-74(52-10-6-8-42-7-5-9-50(63)56(42)52)39-51(47)66-62(67-58)83-34-33-70-24-18-44(19-25-70)72-27-29-73(30-28-72)61(82)43-16-22-71(23-17-43)37-41-11-13-45(14-12-41)77-59(68-69-60(77)57(65)81)49-35-48(40(2)3)53(78)36-54(49)79/h4-14,35-36,40,43-44,46,78-79H,1,15-20,22-34,37-39H2,2-3H3,(H2,65,81)/t46-/m0/s1. The lowest BCUT2D eigenvalue weighted by Crippen LogP contribution is -2.55. The van der Waals surface area contributed by atoms with Crippen LogP contribution in [0.5, 0.6) is 17.5 Å². The summed E-state index contributed by atoms with van der Waals surface area (Å²) in [6.07, 6.45) is 5.94. The Kier molecular flexibility index (Phi) is 17.1. The van der Waals surface area contributed by atoms with Gasteiger partial charge in [0.25, 0.3) is 5.91 Å². The number of phenols is 2. The van der Waals surface area contributed by atoms with E-state index in [4.69, 9.17) is 32.0 Å². The molecule has 7 heterocycles. The summed E-state index contributed by atoms with van der Waals surface area (Å²) in [6.45, 7) is 19.0. The van der Waals surface area contributed by atoms with E-state index in [0.717, 1.165) is 130 Å². The molecule has 4 fully saturated rings. The highest BCUT2D eigenvalue weighted by Gasteiger charge is 2.36. The first kappa shape index (κ1) is 57.0. The van der Waals surface area contributed by atoms with Crippen LogP contribution in [0.15, 0.2) is 85.5 Å². The molecule has 0 bridgehead atoms. The summed E-state index contributed by atoms with van der Waals surface area (Å²) in [4.78, 5) is 65.1. The molecule has 2 aromatic heterocycles. The molecule has 0 unspecified atom stereocenters. The van der Waals surface area contributed by atoms with E-state index in [-0.39, 0.29) is 59.3 Å². The fraction of sp³-hybridized carbons (Fsp3) is 0.452. The van der Waals surface area contributed by atoms with E-state index in [9.17, 15) is 29.9 Å². The van der Waals surface area contributed by atoms with Crippen molar-refractivity contribution in [2.75, 3.05) is 101 Å². The number of aromatic nitrogens is 5. The predicted octanol–water partition coefficient (Wildman–Crippen LogP) is 6.74. The van der Waals surface area contributed by atoms with E-state index in [1.807, 2.05) is 50.2 Å². The Balaban J connectivity index is 0.652. The van der Waals surface area contributed by atoms with Crippen LogP contribution >= 0.6 is 11.6 Å². The van der Waals surface area contributed by atoms with Crippen molar-refractivity contribution in [1.82, 2.24) is 49.2 Å². The van der Waals surface area contributed by atoms with E-state index in [1.54, 1.807) is 11.0 Å². The van der Waals surface area contributed by atoms with E-state index < -0.39 is 5.91 Å². The Morgan fingerprint density at radius 1 is 0.855 bits per heavy atom. The van der Waals surface area contributed by atoms with Crippen molar-refractivity contribution in [3.05, 3.63) is 119 Å². The summed E-state index contributed by atoms with van der Waals surface area (Å²) in [6, 6.07) is 25.7. The minimum absolute atomic E-state index is 0.00651. The zero-order valence-electron chi connectivity index (χ0n) is 47.4. The minimum Gasteiger partial charge on any atom is -0.508 e. The number of likely N-dealkylation sites (tertiary alicyclic amines) is 2. The van der Waals surface area contributed by atoms with Gasteiger partial charge in [0.2, 0.25) is 17.6 Å². The van der Waals surface area contributed by atoms with Gasteiger partial charge in [-0.25, -0.2) is 0 Å². The smallest absolute Gasteiger partial charge is 0.318 e. The lowest BCUT2D eigenvalue weighted by atomic mass is 9.94. The van der Waals surface area contributed by atoms with Crippen LogP contribution in [-0.2, 0) is 29.1 Å². The number of fused-ring (bicyclic) bond motifs is 2. The number of nitriles is 1. The molecular weight excluding hydrogens is 1070 g/mol. The lowest BCUT2D eigenvalue weighted by molar-refractivity contribution is -0.139. The van der Waals surface area contributed by atoms with Crippen LogP contribution in [0.25, 0.3) is 27.8 Å². The number of piperazine rings is 2. The molecule has 5 aliphatic rings. The number of halogens is 1. The Hall–Kier alpha value is -7.83. The number of carbonyl (C=O) groups excluding carboxylic acids is 3. The number of phenolic OH excluding ortho intramolecular Hbond substituents is 2. The van der Waals surface area contributed by atoms with Crippen molar-refractivity contribution in [3.8, 4) is 40.7 Å². The molecule has 4 aromatic carbocycles. The van der Waals surface area contributed by atoms with Crippen molar-refractivity contribution < 1.29 is 29.3 Å². The number of anilines is 2. The average Bonchev–Trinajstić information content (AvgIpc) is 3.61. The number of hydrogen-bond donors (Lipinski definition) is 3. The SMILES string of the molecule is C=CC(=O)N1CCN(c2nc(OCCN3CCC(N4CCN(C(=O)C5CCN(Cc6ccc(-n7c(C(N)=O)nnc7-c7cc(C(C)C)c(O)cc7O)cc6)CC5)CC4)CC3)nc3c2CCN(c2cccc4cccc(Cl)c24)C3)C[C@@H]1CC#N. The van der Waals surface area contributed by atoms with Crippen LogP contribution < -0.4 is 20.3 Å². The van der Waals surface area contributed by atoms with Gasteiger partial charge in [0.15, 0.2) is 5.82 Å². The highest BCUT2D eigenvalue weighted by molar-refractivity contribution is 6.36. The second-order valence-electron chi connectivity index (χ2n) is 22.9. The molecule has 0 radical (unpaired) electrons. The molecule has 4 saturated heterocycles.